The summed E-state index contributed by atoms with van der Waals surface area (Å²) in [7, 11) is 0. The lowest BCUT2D eigenvalue weighted by molar-refractivity contribution is 0.0911. The van der Waals surface area contributed by atoms with Gasteiger partial charge in [-0.05, 0) is 23.4 Å². The van der Waals surface area contributed by atoms with Crippen LogP contribution in [0.5, 0.6) is 0 Å². The second kappa shape index (κ2) is 6.74. The van der Waals surface area contributed by atoms with E-state index in [0.29, 0.717) is 12.5 Å². The molecule has 4 nitrogen and oxygen atoms in total. The lowest BCUT2D eigenvalue weighted by atomic mass is 9.95. The van der Waals surface area contributed by atoms with E-state index in [-0.39, 0.29) is 12.1 Å². The van der Waals surface area contributed by atoms with Crippen molar-refractivity contribution in [2.45, 2.75) is 12.5 Å². The maximum atomic E-state index is 11.9. The molecular formula is C16H18N2O2S. The fourth-order valence-electron chi connectivity index (χ4n) is 2.59. The molecule has 110 valence electrons. The van der Waals surface area contributed by atoms with Gasteiger partial charge in [0.15, 0.2) is 0 Å². The highest BCUT2D eigenvalue weighted by Crippen LogP contribution is 2.33. The Bertz CT molecular complexity index is 571. The summed E-state index contributed by atoms with van der Waals surface area (Å²) in [5.41, 5.74) is 2.01. The largest absolute Gasteiger partial charge is 0.373 e. The summed E-state index contributed by atoms with van der Waals surface area (Å²) in [4.78, 5) is 11.9. The molecule has 21 heavy (non-hydrogen) atoms. The van der Waals surface area contributed by atoms with Crippen molar-refractivity contribution >= 4 is 23.1 Å². The second-order valence-electron chi connectivity index (χ2n) is 5.10. The Morgan fingerprint density at radius 3 is 2.90 bits per heavy atom. The van der Waals surface area contributed by atoms with Crippen LogP contribution >= 0.6 is 11.3 Å². The average Bonchev–Trinajstić information content (AvgIpc) is 3.17. The monoisotopic (exact) mass is 302 g/mol. The first kappa shape index (κ1) is 14.1. The van der Waals surface area contributed by atoms with Gasteiger partial charge in [-0.1, -0.05) is 30.3 Å². The fraction of sp³-hybridized carbons (Fsp3) is 0.312. The van der Waals surface area contributed by atoms with E-state index in [1.165, 1.54) is 5.56 Å². The summed E-state index contributed by atoms with van der Waals surface area (Å²) < 4.78 is 5.82. The van der Waals surface area contributed by atoms with E-state index in [9.17, 15) is 4.79 Å². The molecule has 1 aromatic carbocycles. The number of anilines is 1. The van der Waals surface area contributed by atoms with Crippen molar-refractivity contribution in [2.24, 2.45) is 5.92 Å². The van der Waals surface area contributed by atoms with Crippen molar-refractivity contribution in [1.82, 2.24) is 5.32 Å². The van der Waals surface area contributed by atoms with Gasteiger partial charge in [-0.25, -0.2) is 4.79 Å². The minimum absolute atomic E-state index is 0.0765. The van der Waals surface area contributed by atoms with Crippen LogP contribution < -0.4 is 10.6 Å². The molecule has 2 amide bonds. The van der Waals surface area contributed by atoms with Crippen molar-refractivity contribution < 1.29 is 9.53 Å². The molecule has 3 rings (SSSR count). The first-order valence-electron chi connectivity index (χ1n) is 7.06. The number of carbonyl (C=O) groups excluding carboxylic acids is 1. The van der Waals surface area contributed by atoms with Gasteiger partial charge in [0.2, 0.25) is 0 Å². The van der Waals surface area contributed by atoms with Crippen LogP contribution in [0.15, 0.2) is 47.2 Å². The van der Waals surface area contributed by atoms with Gasteiger partial charge in [-0.2, -0.15) is 11.3 Å². The molecule has 2 heterocycles. The van der Waals surface area contributed by atoms with Gasteiger partial charge in [-0.15, -0.1) is 0 Å². The molecule has 2 N–H and O–H groups in total. The van der Waals surface area contributed by atoms with Crippen molar-refractivity contribution in [3.8, 4) is 0 Å². The third kappa shape index (κ3) is 3.62. The molecule has 5 heteroatoms. The number of nitrogens with one attached hydrogen (secondary N) is 2. The van der Waals surface area contributed by atoms with Crippen LogP contribution in [0.1, 0.15) is 18.1 Å². The predicted molar refractivity (Wildman–Crippen MR) is 84.6 cm³/mol. The van der Waals surface area contributed by atoms with E-state index in [1.807, 2.05) is 35.0 Å². The Balaban J connectivity index is 1.53. The Morgan fingerprint density at radius 1 is 1.29 bits per heavy atom. The van der Waals surface area contributed by atoms with E-state index >= 15 is 0 Å². The number of benzene rings is 1. The van der Waals surface area contributed by atoms with Crippen LogP contribution in [0.3, 0.4) is 0 Å². The Hall–Kier alpha value is -1.85. The third-order valence-corrected chi connectivity index (χ3v) is 4.33. The zero-order valence-electron chi connectivity index (χ0n) is 11.6. The van der Waals surface area contributed by atoms with E-state index in [4.69, 9.17) is 4.74 Å². The summed E-state index contributed by atoms with van der Waals surface area (Å²) in [6, 6.07) is 11.9. The van der Waals surface area contributed by atoms with E-state index in [1.54, 1.807) is 11.3 Å². The molecule has 0 spiro atoms. The lowest BCUT2D eigenvalue weighted by Crippen LogP contribution is -2.33. The fourth-order valence-corrected chi connectivity index (χ4v) is 3.18. The third-order valence-electron chi connectivity index (χ3n) is 3.65. The van der Waals surface area contributed by atoms with E-state index in [0.717, 1.165) is 18.7 Å². The minimum atomic E-state index is -0.160. The maximum Gasteiger partial charge on any atom is 0.319 e. The SMILES string of the molecule is O=C(NC[C@@H]1CCO[C@H]1c1ccccc1)Nc1ccsc1. The molecule has 2 aromatic rings. The topological polar surface area (TPSA) is 50.4 Å². The van der Waals surface area contributed by atoms with Crippen LogP contribution in [-0.2, 0) is 4.74 Å². The average molecular weight is 302 g/mol. The molecule has 0 bridgehead atoms. The van der Waals surface area contributed by atoms with E-state index in [2.05, 4.69) is 22.8 Å². The highest BCUT2D eigenvalue weighted by Gasteiger charge is 2.29. The molecule has 0 unspecified atom stereocenters. The second-order valence-corrected chi connectivity index (χ2v) is 5.88. The van der Waals surface area contributed by atoms with Crippen molar-refractivity contribution in [2.75, 3.05) is 18.5 Å². The number of thiophene rings is 1. The number of urea groups is 1. The molecule has 0 saturated carbocycles. The van der Waals surface area contributed by atoms with Gasteiger partial charge in [0.25, 0.3) is 0 Å². The zero-order valence-corrected chi connectivity index (χ0v) is 12.4. The summed E-state index contributed by atoms with van der Waals surface area (Å²) in [6.07, 6.45) is 1.05. The van der Waals surface area contributed by atoms with Crippen LogP contribution in [0.2, 0.25) is 0 Å². The highest BCUT2D eigenvalue weighted by atomic mass is 32.1. The first-order valence-corrected chi connectivity index (χ1v) is 8.01. The Labute approximate surface area is 128 Å². The normalized spacial score (nSPS) is 21.1. The number of carbonyl (C=O) groups is 1. The Morgan fingerprint density at radius 2 is 2.14 bits per heavy atom. The molecule has 1 aliphatic heterocycles. The lowest BCUT2D eigenvalue weighted by Gasteiger charge is -2.19. The predicted octanol–water partition coefficient (Wildman–Crippen LogP) is 3.65. The number of ether oxygens (including phenoxy) is 1. The van der Waals surface area contributed by atoms with Crippen LogP contribution in [-0.4, -0.2) is 19.2 Å². The number of rotatable bonds is 4. The molecule has 0 aliphatic carbocycles. The summed E-state index contributed by atoms with van der Waals surface area (Å²) in [6.45, 7) is 1.37. The molecule has 2 atom stereocenters. The quantitative estimate of drug-likeness (QED) is 0.906. The smallest absolute Gasteiger partial charge is 0.319 e. The number of hydrogen-bond acceptors (Lipinski definition) is 3. The molecule has 1 aromatic heterocycles. The molecule has 1 saturated heterocycles. The van der Waals surface area contributed by atoms with Gasteiger partial charge in [0, 0.05) is 24.4 Å². The summed E-state index contributed by atoms with van der Waals surface area (Å²) in [5.74, 6) is 0.320. The molecule has 1 fully saturated rings. The van der Waals surface area contributed by atoms with Crippen molar-refractivity contribution in [3.05, 3.63) is 52.7 Å². The van der Waals surface area contributed by atoms with Gasteiger partial charge >= 0.3 is 6.03 Å². The maximum absolute atomic E-state index is 11.9. The van der Waals surface area contributed by atoms with Crippen LogP contribution in [0, 0.1) is 5.92 Å². The summed E-state index contributed by atoms with van der Waals surface area (Å²) in [5, 5.41) is 9.60. The van der Waals surface area contributed by atoms with Crippen molar-refractivity contribution in [1.29, 1.82) is 0 Å². The van der Waals surface area contributed by atoms with Crippen molar-refractivity contribution in [3.63, 3.8) is 0 Å². The van der Waals surface area contributed by atoms with Crippen LogP contribution in [0.4, 0.5) is 10.5 Å². The highest BCUT2D eigenvalue weighted by molar-refractivity contribution is 7.08. The van der Waals surface area contributed by atoms with Gasteiger partial charge < -0.3 is 15.4 Å². The minimum Gasteiger partial charge on any atom is -0.373 e. The van der Waals surface area contributed by atoms with Gasteiger partial charge in [0.05, 0.1) is 11.8 Å². The summed E-state index contributed by atoms with van der Waals surface area (Å²) >= 11 is 1.56. The van der Waals surface area contributed by atoms with Gasteiger partial charge in [0.1, 0.15) is 0 Å². The van der Waals surface area contributed by atoms with E-state index < -0.39 is 0 Å². The van der Waals surface area contributed by atoms with Gasteiger partial charge in [-0.3, -0.25) is 0 Å². The molecule has 0 radical (unpaired) electrons. The Kier molecular flexibility index (Phi) is 4.52. The number of hydrogen-bond donors (Lipinski definition) is 2. The molecular weight excluding hydrogens is 284 g/mol. The first-order chi connectivity index (χ1) is 10.3. The molecule has 1 aliphatic rings. The number of amides is 2. The zero-order chi connectivity index (χ0) is 14.5. The van der Waals surface area contributed by atoms with Crippen LogP contribution in [0.25, 0.3) is 0 Å². The standard InChI is InChI=1S/C16H18N2O2S/c19-16(18-14-7-9-21-11-14)17-10-13-6-8-20-15(13)12-4-2-1-3-5-12/h1-5,7,9,11,13,15H,6,8,10H2,(H2,17,18,19)/t13-,15-/m0/s1.